The third-order valence-corrected chi connectivity index (χ3v) is 2.77. The van der Waals surface area contributed by atoms with Gasteiger partial charge in [-0.15, -0.1) is 12.4 Å². The first-order valence-corrected chi connectivity index (χ1v) is 5.08. The van der Waals surface area contributed by atoms with E-state index in [0.29, 0.717) is 0 Å². The summed E-state index contributed by atoms with van der Waals surface area (Å²) in [5, 5.41) is 17.9. The summed E-state index contributed by atoms with van der Waals surface area (Å²) in [7, 11) is 0. The van der Waals surface area contributed by atoms with E-state index in [4.69, 9.17) is 10.8 Å². The van der Waals surface area contributed by atoms with E-state index in [2.05, 4.69) is 0 Å². The molecule has 1 atom stereocenters. The van der Waals surface area contributed by atoms with Crippen LogP contribution >= 0.6 is 12.4 Å². The quantitative estimate of drug-likeness (QED) is 0.770. The van der Waals surface area contributed by atoms with E-state index < -0.39 is 11.4 Å². The van der Waals surface area contributed by atoms with E-state index in [1.807, 2.05) is 13.8 Å². The fourth-order valence-corrected chi connectivity index (χ4v) is 1.38. The lowest BCUT2D eigenvalue weighted by molar-refractivity contribution is 0.0697. The van der Waals surface area contributed by atoms with Crippen LogP contribution in [-0.4, -0.2) is 22.8 Å². The SMILES string of the molecule is CC(C)(CO)[C@H](N)c1ccc(C(=O)O)cc1.Cl. The molecule has 0 unspecified atom stereocenters. The molecule has 0 spiro atoms. The second-order valence-electron chi connectivity index (χ2n) is 4.55. The molecule has 1 aromatic rings. The highest BCUT2D eigenvalue weighted by molar-refractivity contribution is 5.87. The van der Waals surface area contributed by atoms with Gasteiger partial charge in [0.05, 0.1) is 5.56 Å². The molecule has 0 radical (unpaired) electrons. The number of benzene rings is 1. The van der Waals surface area contributed by atoms with Crippen LogP contribution in [0.15, 0.2) is 24.3 Å². The first-order chi connectivity index (χ1) is 7.38. The third kappa shape index (κ3) is 3.70. The normalized spacial score (nSPS) is 12.7. The molecule has 0 aliphatic rings. The highest BCUT2D eigenvalue weighted by Crippen LogP contribution is 2.30. The van der Waals surface area contributed by atoms with Crippen molar-refractivity contribution in [3.63, 3.8) is 0 Å². The van der Waals surface area contributed by atoms with Crippen LogP contribution in [0.25, 0.3) is 0 Å². The molecule has 1 rings (SSSR count). The van der Waals surface area contributed by atoms with Crippen molar-refractivity contribution >= 4 is 18.4 Å². The van der Waals surface area contributed by atoms with Gasteiger partial charge in [-0.1, -0.05) is 26.0 Å². The number of carboxylic acids is 1. The number of aromatic carboxylic acids is 1. The Bertz CT molecular complexity index is 376. The van der Waals surface area contributed by atoms with Crippen molar-refractivity contribution in [2.24, 2.45) is 11.1 Å². The Morgan fingerprint density at radius 2 is 1.82 bits per heavy atom. The molecular formula is C12H18ClNO3. The Labute approximate surface area is 107 Å². The molecule has 0 bridgehead atoms. The van der Waals surface area contributed by atoms with Gasteiger partial charge in [0.2, 0.25) is 0 Å². The summed E-state index contributed by atoms with van der Waals surface area (Å²) in [5.41, 5.74) is 6.63. The first kappa shape index (κ1) is 15.9. The number of carboxylic acid groups (broad SMARTS) is 1. The maximum Gasteiger partial charge on any atom is 0.335 e. The molecule has 0 saturated heterocycles. The minimum atomic E-state index is -0.957. The lowest BCUT2D eigenvalue weighted by atomic mass is 9.82. The van der Waals surface area contributed by atoms with Crippen LogP contribution < -0.4 is 5.73 Å². The zero-order valence-electron chi connectivity index (χ0n) is 9.88. The van der Waals surface area contributed by atoms with Gasteiger partial charge in [0.15, 0.2) is 0 Å². The van der Waals surface area contributed by atoms with Crippen LogP contribution in [0.2, 0.25) is 0 Å². The van der Waals surface area contributed by atoms with Crippen molar-refractivity contribution in [1.29, 1.82) is 0 Å². The number of aliphatic hydroxyl groups excluding tert-OH is 1. The Kier molecular flexibility index (Phi) is 5.61. The van der Waals surface area contributed by atoms with Crippen LogP contribution in [0.4, 0.5) is 0 Å². The standard InChI is InChI=1S/C12H17NO3.ClH/c1-12(2,7-14)10(13)8-3-5-9(6-4-8)11(15)16;/h3-6,10,14H,7,13H2,1-2H3,(H,15,16);1H/t10-;/m1./s1. The smallest absolute Gasteiger partial charge is 0.335 e. The van der Waals surface area contributed by atoms with Crippen LogP contribution in [0.5, 0.6) is 0 Å². The summed E-state index contributed by atoms with van der Waals surface area (Å²) < 4.78 is 0. The maximum absolute atomic E-state index is 10.7. The first-order valence-electron chi connectivity index (χ1n) is 5.08. The van der Waals surface area contributed by atoms with Gasteiger partial charge in [-0.25, -0.2) is 4.79 Å². The van der Waals surface area contributed by atoms with Crippen LogP contribution in [0.1, 0.15) is 35.8 Å². The van der Waals surface area contributed by atoms with Gasteiger partial charge in [-0.05, 0) is 17.7 Å². The number of halogens is 1. The Balaban J connectivity index is 0.00000256. The van der Waals surface area contributed by atoms with Crippen LogP contribution in [0, 0.1) is 5.41 Å². The largest absolute Gasteiger partial charge is 0.478 e. The molecule has 0 amide bonds. The molecule has 4 nitrogen and oxygen atoms in total. The van der Waals surface area contributed by atoms with Gasteiger partial charge < -0.3 is 15.9 Å². The molecule has 0 saturated carbocycles. The van der Waals surface area contributed by atoms with Crippen LogP contribution in [0.3, 0.4) is 0 Å². The van der Waals surface area contributed by atoms with Crippen molar-refractivity contribution < 1.29 is 15.0 Å². The van der Waals surface area contributed by atoms with Gasteiger partial charge in [-0.3, -0.25) is 0 Å². The average molecular weight is 260 g/mol. The van der Waals surface area contributed by atoms with E-state index in [-0.39, 0.29) is 30.6 Å². The number of carbonyl (C=O) groups is 1. The van der Waals surface area contributed by atoms with Gasteiger partial charge in [0.25, 0.3) is 0 Å². The molecule has 4 N–H and O–H groups in total. The Morgan fingerprint density at radius 1 is 1.35 bits per heavy atom. The molecule has 5 heteroatoms. The molecule has 96 valence electrons. The minimum Gasteiger partial charge on any atom is -0.478 e. The van der Waals surface area contributed by atoms with Crippen molar-refractivity contribution in [3.05, 3.63) is 35.4 Å². The monoisotopic (exact) mass is 259 g/mol. The topological polar surface area (TPSA) is 83.5 Å². The lowest BCUT2D eigenvalue weighted by Crippen LogP contribution is -2.32. The predicted molar refractivity (Wildman–Crippen MR) is 68.4 cm³/mol. The number of hydrogen-bond donors (Lipinski definition) is 3. The molecule has 1 aromatic carbocycles. The third-order valence-electron chi connectivity index (χ3n) is 2.77. The van der Waals surface area contributed by atoms with Crippen molar-refractivity contribution in [1.82, 2.24) is 0 Å². The van der Waals surface area contributed by atoms with E-state index in [0.717, 1.165) is 5.56 Å². The maximum atomic E-state index is 10.7. The lowest BCUT2D eigenvalue weighted by Gasteiger charge is -2.29. The summed E-state index contributed by atoms with van der Waals surface area (Å²) in [4.78, 5) is 10.7. The van der Waals surface area contributed by atoms with Gasteiger partial charge in [-0.2, -0.15) is 0 Å². The molecule has 0 aromatic heterocycles. The van der Waals surface area contributed by atoms with Gasteiger partial charge in [0, 0.05) is 18.1 Å². The Morgan fingerprint density at radius 3 is 2.18 bits per heavy atom. The highest BCUT2D eigenvalue weighted by atomic mass is 35.5. The second kappa shape index (κ2) is 6.00. The van der Waals surface area contributed by atoms with Crippen molar-refractivity contribution in [2.75, 3.05) is 6.61 Å². The van der Waals surface area contributed by atoms with Crippen LogP contribution in [-0.2, 0) is 0 Å². The van der Waals surface area contributed by atoms with Crippen molar-refractivity contribution in [3.8, 4) is 0 Å². The number of hydrogen-bond acceptors (Lipinski definition) is 3. The second-order valence-corrected chi connectivity index (χ2v) is 4.55. The summed E-state index contributed by atoms with van der Waals surface area (Å²) >= 11 is 0. The average Bonchev–Trinajstić information content (AvgIpc) is 2.28. The molecule has 17 heavy (non-hydrogen) atoms. The summed E-state index contributed by atoms with van der Waals surface area (Å²) in [6, 6.07) is 6.09. The summed E-state index contributed by atoms with van der Waals surface area (Å²) in [6.07, 6.45) is 0. The van der Waals surface area contributed by atoms with E-state index >= 15 is 0 Å². The molecule has 0 aliphatic heterocycles. The molecule has 0 fully saturated rings. The van der Waals surface area contributed by atoms with E-state index in [1.165, 1.54) is 12.1 Å². The number of rotatable bonds is 4. The molecule has 0 heterocycles. The molecular weight excluding hydrogens is 242 g/mol. The summed E-state index contributed by atoms with van der Waals surface area (Å²) in [6.45, 7) is 3.71. The zero-order chi connectivity index (χ0) is 12.3. The number of aliphatic hydroxyl groups is 1. The van der Waals surface area contributed by atoms with E-state index in [9.17, 15) is 9.90 Å². The van der Waals surface area contributed by atoms with Gasteiger partial charge in [0.1, 0.15) is 0 Å². The Hall–Kier alpha value is -1.10. The van der Waals surface area contributed by atoms with E-state index in [1.54, 1.807) is 12.1 Å². The van der Waals surface area contributed by atoms with Crippen molar-refractivity contribution in [2.45, 2.75) is 19.9 Å². The fraction of sp³-hybridized carbons (Fsp3) is 0.417. The fourth-order valence-electron chi connectivity index (χ4n) is 1.38. The van der Waals surface area contributed by atoms with Gasteiger partial charge >= 0.3 is 5.97 Å². The minimum absolute atomic E-state index is 0. The molecule has 0 aliphatic carbocycles. The number of nitrogens with two attached hydrogens (primary N) is 1. The summed E-state index contributed by atoms with van der Waals surface area (Å²) in [5.74, 6) is -0.957. The zero-order valence-corrected chi connectivity index (χ0v) is 10.7. The highest BCUT2D eigenvalue weighted by Gasteiger charge is 2.26. The predicted octanol–water partition coefficient (Wildman–Crippen LogP) is 1.82.